The average Bonchev–Trinajstić information content (AvgIpc) is 3.39. The molecular weight excluding hydrogens is 482 g/mol. The van der Waals surface area contributed by atoms with Gasteiger partial charge in [0.2, 0.25) is 5.91 Å². The van der Waals surface area contributed by atoms with Crippen molar-refractivity contribution in [3.05, 3.63) is 11.6 Å². The smallest absolute Gasteiger partial charge is 0.315 e. The highest BCUT2D eigenvalue weighted by Gasteiger charge is 2.84. The van der Waals surface area contributed by atoms with Gasteiger partial charge in [-0.05, 0) is 61.2 Å². The minimum absolute atomic E-state index is 0.0151. The Morgan fingerprint density at radius 1 is 1.21 bits per heavy atom. The molecule has 1 aliphatic heterocycles. The Hall–Kier alpha value is -1.73. The number of carboxylic acids is 1. The van der Waals surface area contributed by atoms with Crippen molar-refractivity contribution < 1.29 is 29.0 Å². The Labute approximate surface area is 227 Å². The number of amides is 1. The van der Waals surface area contributed by atoms with Crippen molar-refractivity contribution in [2.75, 3.05) is 19.7 Å². The van der Waals surface area contributed by atoms with Gasteiger partial charge in [0.15, 0.2) is 6.29 Å². The molecular formula is C31H47NO6. The van der Waals surface area contributed by atoms with Gasteiger partial charge in [-0.3, -0.25) is 9.59 Å². The first-order valence-corrected chi connectivity index (χ1v) is 14.7. The number of hydrogen-bond donors (Lipinski definition) is 1. The summed E-state index contributed by atoms with van der Waals surface area (Å²) in [5.41, 5.74) is -2.05. The van der Waals surface area contributed by atoms with Gasteiger partial charge in [0.25, 0.3) is 0 Å². The van der Waals surface area contributed by atoms with Gasteiger partial charge in [0.1, 0.15) is 11.7 Å². The monoisotopic (exact) mass is 529 g/mol. The highest BCUT2D eigenvalue weighted by Crippen LogP contribution is 2.82. The third kappa shape index (κ3) is 3.70. The molecule has 3 saturated carbocycles. The van der Waals surface area contributed by atoms with E-state index in [-0.39, 0.29) is 41.8 Å². The molecule has 0 aromatic carbocycles. The fraction of sp³-hybridized carbons (Fsp3) is 0.839. The first kappa shape index (κ1) is 27.8. The van der Waals surface area contributed by atoms with Crippen LogP contribution in [0.15, 0.2) is 11.6 Å². The van der Waals surface area contributed by atoms with Crippen LogP contribution in [0.4, 0.5) is 0 Å². The van der Waals surface area contributed by atoms with Crippen LogP contribution in [-0.2, 0) is 23.9 Å². The zero-order valence-corrected chi connectivity index (χ0v) is 24.3. The molecule has 1 heterocycles. The fourth-order valence-electron chi connectivity index (χ4n) is 9.65. The highest BCUT2D eigenvalue weighted by molar-refractivity contribution is 5.90. The second-order valence-electron chi connectivity index (χ2n) is 14.7. The molecule has 1 N–H and O–H groups in total. The first-order valence-electron chi connectivity index (χ1n) is 14.7. The maximum absolute atomic E-state index is 13.6. The largest absolute Gasteiger partial charge is 0.481 e. The van der Waals surface area contributed by atoms with E-state index in [2.05, 4.69) is 47.6 Å². The van der Waals surface area contributed by atoms with Crippen molar-refractivity contribution in [1.82, 2.24) is 4.90 Å². The minimum Gasteiger partial charge on any atom is -0.481 e. The molecule has 9 atom stereocenters. The lowest BCUT2D eigenvalue weighted by Gasteiger charge is -2.58. The molecule has 5 aliphatic rings. The number of aliphatic carboxylic acids is 1. The van der Waals surface area contributed by atoms with Crippen molar-refractivity contribution >= 4 is 18.2 Å². The fourth-order valence-corrected chi connectivity index (χ4v) is 9.65. The third-order valence-electron chi connectivity index (χ3n) is 10.9. The predicted octanol–water partition coefficient (Wildman–Crippen LogP) is 4.94. The number of aldehydes is 1. The number of carboxylic acid groups (broad SMARTS) is 1. The van der Waals surface area contributed by atoms with E-state index in [1.165, 1.54) is 0 Å². The van der Waals surface area contributed by atoms with Gasteiger partial charge < -0.3 is 24.3 Å². The standard InChI is InChI=1S/C31H47NO6/c1-18(2)24-10-21-11-29(16-33)23-9-8-19(3)22(23)12-30(21,31(24,29)27(35)36)17-37-26-15-32(14-20(4)38-26)25(34)13-28(5,6)7/h10,16,18-23,26H,8-9,11-15,17H2,1-7H3,(H,35,36)/t19-,20-,21?,22?,23?,26-,29+,30?,31?/m1/s1. The summed E-state index contributed by atoms with van der Waals surface area (Å²) in [6, 6.07) is 0. The summed E-state index contributed by atoms with van der Waals surface area (Å²) in [6.07, 6.45) is 6.21. The van der Waals surface area contributed by atoms with E-state index < -0.39 is 28.5 Å². The van der Waals surface area contributed by atoms with Crippen LogP contribution in [0.1, 0.15) is 80.6 Å². The van der Waals surface area contributed by atoms with E-state index in [0.717, 1.165) is 31.1 Å². The molecule has 4 fully saturated rings. The lowest BCUT2D eigenvalue weighted by Crippen LogP contribution is -2.64. The summed E-state index contributed by atoms with van der Waals surface area (Å²) >= 11 is 0. The van der Waals surface area contributed by atoms with Crippen LogP contribution in [0.25, 0.3) is 0 Å². The van der Waals surface area contributed by atoms with Gasteiger partial charge in [-0.25, -0.2) is 0 Å². The Morgan fingerprint density at radius 3 is 2.53 bits per heavy atom. The molecule has 5 unspecified atom stereocenters. The van der Waals surface area contributed by atoms with Gasteiger partial charge in [0.05, 0.1) is 24.7 Å². The summed E-state index contributed by atoms with van der Waals surface area (Å²) in [5, 5.41) is 11.1. The second-order valence-corrected chi connectivity index (χ2v) is 14.7. The van der Waals surface area contributed by atoms with E-state index >= 15 is 0 Å². The Kier molecular flexibility index (Phi) is 6.70. The van der Waals surface area contributed by atoms with Crippen molar-refractivity contribution in [1.29, 1.82) is 0 Å². The first-order chi connectivity index (χ1) is 17.7. The quantitative estimate of drug-likeness (QED) is 0.371. The summed E-state index contributed by atoms with van der Waals surface area (Å²) in [7, 11) is 0. The number of morpholine rings is 1. The number of carbonyl (C=O) groups is 3. The van der Waals surface area contributed by atoms with Crippen molar-refractivity contribution in [3.8, 4) is 0 Å². The Morgan fingerprint density at radius 2 is 1.92 bits per heavy atom. The van der Waals surface area contributed by atoms with Crippen molar-refractivity contribution in [2.45, 2.75) is 93.0 Å². The van der Waals surface area contributed by atoms with E-state index in [0.29, 0.717) is 37.8 Å². The third-order valence-corrected chi connectivity index (χ3v) is 10.9. The van der Waals surface area contributed by atoms with Crippen LogP contribution in [0.2, 0.25) is 0 Å². The molecule has 4 bridgehead atoms. The van der Waals surface area contributed by atoms with Crippen LogP contribution >= 0.6 is 0 Å². The lowest BCUT2D eigenvalue weighted by molar-refractivity contribution is -0.235. The van der Waals surface area contributed by atoms with Crippen molar-refractivity contribution in [3.63, 3.8) is 0 Å². The van der Waals surface area contributed by atoms with Crippen LogP contribution < -0.4 is 0 Å². The number of rotatable bonds is 7. The minimum atomic E-state index is -1.26. The van der Waals surface area contributed by atoms with E-state index in [4.69, 9.17) is 9.47 Å². The molecule has 0 radical (unpaired) electrons. The molecule has 0 spiro atoms. The summed E-state index contributed by atoms with van der Waals surface area (Å²) in [5.74, 6) is 0.111. The number of ether oxygens (including phenoxy) is 2. The predicted molar refractivity (Wildman–Crippen MR) is 143 cm³/mol. The number of fused-ring (bicyclic) bond motifs is 2. The molecule has 5 rings (SSSR count). The second kappa shape index (κ2) is 9.15. The maximum Gasteiger partial charge on any atom is 0.315 e. The number of nitrogens with zero attached hydrogens (tertiary/aromatic N) is 1. The summed E-state index contributed by atoms with van der Waals surface area (Å²) < 4.78 is 12.7. The molecule has 0 aromatic rings. The SMILES string of the molecule is CC(C)C1=CC2C[C@]3(C=O)C4CC[C@@H](C)C4CC2(CO[C@H]2CN(C(=O)CC(C)(C)C)C[C@@H](C)O2)C13C(=O)O. The number of carbonyl (C=O) groups excluding carboxylic acids is 2. The lowest BCUT2D eigenvalue weighted by atomic mass is 9.43. The van der Waals surface area contributed by atoms with Gasteiger partial charge in [-0.15, -0.1) is 0 Å². The van der Waals surface area contributed by atoms with E-state index in [1.54, 1.807) is 0 Å². The van der Waals surface area contributed by atoms with Crippen LogP contribution in [0, 0.1) is 51.2 Å². The van der Waals surface area contributed by atoms with Crippen molar-refractivity contribution in [2.24, 2.45) is 51.2 Å². The molecule has 1 saturated heterocycles. The molecule has 7 nitrogen and oxygen atoms in total. The molecule has 212 valence electrons. The molecule has 0 aromatic heterocycles. The van der Waals surface area contributed by atoms with Crippen LogP contribution in [-0.4, -0.2) is 60.3 Å². The topological polar surface area (TPSA) is 93.1 Å². The number of allylic oxidation sites excluding steroid dienone is 1. The molecule has 38 heavy (non-hydrogen) atoms. The van der Waals surface area contributed by atoms with Crippen LogP contribution in [0.3, 0.4) is 0 Å². The molecule has 7 heteroatoms. The van der Waals surface area contributed by atoms with Gasteiger partial charge in [-0.1, -0.05) is 59.6 Å². The highest BCUT2D eigenvalue weighted by atomic mass is 16.7. The van der Waals surface area contributed by atoms with Gasteiger partial charge in [0, 0.05) is 18.4 Å². The Bertz CT molecular complexity index is 1030. The van der Waals surface area contributed by atoms with E-state index in [1.807, 2.05) is 11.8 Å². The zero-order chi connectivity index (χ0) is 27.8. The number of hydrogen-bond acceptors (Lipinski definition) is 5. The maximum atomic E-state index is 13.6. The summed E-state index contributed by atoms with van der Waals surface area (Å²) in [6.45, 7) is 15.6. The van der Waals surface area contributed by atoms with Crippen LogP contribution in [0.5, 0.6) is 0 Å². The summed E-state index contributed by atoms with van der Waals surface area (Å²) in [4.78, 5) is 41.6. The average molecular weight is 530 g/mol. The van der Waals surface area contributed by atoms with Gasteiger partial charge in [-0.2, -0.15) is 0 Å². The normalized spacial score (nSPS) is 43.8. The molecule has 1 amide bonds. The molecule has 4 aliphatic carbocycles. The van der Waals surface area contributed by atoms with E-state index in [9.17, 15) is 19.5 Å². The van der Waals surface area contributed by atoms with Gasteiger partial charge >= 0.3 is 5.97 Å². The zero-order valence-electron chi connectivity index (χ0n) is 24.3. The Balaban J connectivity index is 1.48.